The number of methoxy groups -OCH3 is 1. The van der Waals surface area contributed by atoms with Crippen molar-refractivity contribution in [3.63, 3.8) is 0 Å². The first-order chi connectivity index (χ1) is 9.76. The smallest absolute Gasteiger partial charge is 0.131 e. The van der Waals surface area contributed by atoms with Crippen LogP contribution in [0.2, 0.25) is 0 Å². The van der Waals surface area contributed by atoms with Gasteiger partial charge in [-0.2, -0.15) is 0 Å². The van der Waals surface area contributed by atoms with E-state index in [0.717, 1.165) is 29.8 Å². The number of benzene rings is 2. The summed E-state index contributed by atoms with van der Waals surface area (Å²) in [6, 6.07) is 12.6. The van der Waals surface area contributed by atoms with Gasteiger partial charge in [0.05, 0.1) is 7.11 Å². The molecule has 2 aromatic carbocycles. The van der Waals surface area contributed by atoms with E-state index >= 15 is 0 Å². The van der Waals surface area contributed by atoms with Gasteiger partial charge in [-0.25, -0.2) is 4.39 Å². The van der Waals surface area contributed by atoms with Crippen molar-refractivity contribution in [1.82, 2.24) is 5.32 Å². The molecule has 2 nitrogen and oxygen atoms in total. The van der Waals surface area contributed by atoms with Crippen LogP contribution in [0.25, 0.3) is 11.1 Å². The molecule has 0 unspecified atom stereocenters. The Morgan fingerprint density at radius 1 is 1.10 bits per heavy atom. The van der Waals surface area contributed by atoms with Crippen LogP contribution < -0.4 is 10.1 Å². The minimum atomic E-state index is -0.200. The summed E-state index contributed by atoms with van der Waals surface area (Å²) in [7, 11) is 1.64. The number of halogens is 1. The van der Waals surface area contributed by atoms with E-state index in [-0.39, 0.29) is 5.82 Å². The van der Waals surface area contributed by atoms with Crippen molar-refractivity contribution in [3.8, 4) is 16.9 Å². The molecule has 2 rings (SSSR count). The van der Waals surface area contributed by atoms with E-state index in [1.54, 1.807) is 19.2 Å². The van der Waals surface area contributed by atoms with Gasteiger partial charge in [0.2, 0.25) is 0 Å². The summed E-state index contributed by atoms with van der Waals surface area (Å²) in [6.45, 7) is 3.76. The first-order valence-corrected chi connectivity index (χ1v) is 6.88. The van der Waals surface area contributed by atoms with Crippen LogP contribution in [0.3, 0.4) is 0 Å². The van der Waals surface area contributed by atoms with E-state index in [1.165, 1.54) is 6.07 Å². The lowest BCUT2D eigenvalue weighted by Crippen LogP contribution is -2.14. The average molecular weight is 273 g/mol. The van der Waals surface area contributed by atoms with Crippen molar-refractivity contribution < 1.29 is 9.13 Å². The second-order valence-electron chi connectivity index (χ2n) is 4.68. The van der Waals surface area contributed by atoms with Gasteiger partial charge in [0.15, 0.2) is 0 Å². The Hall–Kier alpha value is -1.87. The summed E-state index contributed by atoms with van der Waals surface area (Å²) in [4.78, 5) is 0. The zero-order chi connectivity index (χ0) is 14.4. The quantitative estimate of drug-likeness (QED) is 0.803. The fourth-order valence-corrected chi connectivity index (χ4v) is 2.19. The molecule has 0 aliphatic carbocycles. The van der Waals surface area contributed by atoms with Crippen LogP contribution in [-0.4, -0.2) is 13.7 Å². The molecule has 0 aliphatic heterocycles. The molecule has 0 bridgehead atoms. The Morgan fingerprint density at radius 3 is 2.60 bits per heavy atom. The van der Waals surface area contributed by atoms with Gasteiger partial charge in [0.25, 0.3) is 0 Å². The molecule has 0 aliphatic rings. The second-order valence-corrected chi connectivity index (χ2v) is 4.68. The number of rotatable bonds is 6. The lowest BCUT2D eigenvalue weighted by atomic mass is 9.98. The topological polar surface area (TPSA) is 21.3 Å². The molecule has 0 radical (unpaired) electrons. The highest BCUT2D eigenvalue weighted by molar-refractivity contribution is 5.69. The van der Waals surface area contributed by atoms with E-state index < -0.39 is 0 Å². The highest BCUT2D eigenvalue weighted by Crippen LogP contribution is 2.29. The van der Waals surface area contributed by atoms with Gasteiger partial charge in [0, 0.05) is 12.1 Å². The van der Waals surface area contributed by atoms with Crippen LogP contribution in [0.15, 0.2) is 42.5 Å². The van der Waals surface area contributed by atoms with Gasteiger partial charge in [-0.15, -0.1) is 0 Å². The largest absolute Gasteiger partial charge is 0.497 e. The van der Waals surface area contributed by atoms with Crippen LogP contribution in [0.4, 0.5) is 4.39 Å². The summed E-state index contributed by atoms with van der Waals surface area (Å²) in [5, 5.41) is 3.35. The minimum absolute atomic E-state index is 0.200. The molecule has 0 saturated carbocycles. The van der Waals surface area contributed by atoms with Gasteiger partial charge in [-0.3, -0.25) is 0 Å². The van der Waals surface area contributed by atoms with E-state index in [1.807, 2.05) is 24.3 Å². The monoisotopic (exact) mass is 273 g/mol. The lowest BCUT2D eigenvalue weighted by Gasteiger charge is -2.13. The highest BCUT2D eigenvalue weighted by Gasteiger charge is 2.10. The molecular formula is C17H20FNO. The maximum Gasteiger partial charge on any atom is 0.131 e. The molecule has 1 N–H and O–H groups in total. The van der Waals surface area contributed by atoms with Crippen molar-refractivity contribution in [1.29, 1.82) is 0 Å². The molecule has 0 saturated heterocycles. The van der Waals surface area contributed by atoms with Crippen LogP contribution in [0.5, 0.6) is 5.75 Å². The highest BCUT2D eigenvalue weighted by atomic mass is 19.1. The summed E-state index contributed by atoms with van der Waals surface area (Å²) >= 11 is 0. The molecular weight excluding hydrogens is 253 g/mol. The summed E-state index contributed by atoms with van der Waals surface area (Å²) in [5.74, 6) is 0.591. The SMILES string of the molecule is CCCNCc1cc(OC)ccc1-c1ccccc1F. The number of nitrogens with one attached hydrogen (secondary N) is 1. The summed E-state index contributed by atoms with van der Waals surface area (Å²) in [5.41, 5.74) is 2.58. The zero-order valence-electron chi connectivity index (χ0n) is 11.9. The van der Waals surface area contributed by atoms with Crippen molar-refractivity contribution in [3.05, 3.63) is 53.8 Å². The van der Waals surface area contributed by atoms with Crippen molar-refractivity contribution >= 4 is 0 Å². The van der Waals surface area contributed by atoms with E-state index in [0.29, 0.717) is 12.1 Å². The molecule has 0 amide bonds. The predicted octanol–water partition coefficient (Wildman–Crippen LogP) is 4.00. The summed E-state index contributed by atoms with van der Waals surface area (Å²) < 4.78 is 19.2. The first kappa shape index (κ1) is 14.5. The van der Waals surface area contributed by atoms with Gasteiger partial charge >= 0.3 is 0 Å². The Bertz CT molecular complexity index is 569. The van der Waals surface area contributed by atoms with Crippen LogP contribution in [0, 0.1) is 5.82 Å². The molecule has 0 heterocycles. The average Bonchev–Trinajstić information content (AvgIpc) is 2.48. The van der Waals surface area contributed by atoms with Crippen LogP contribution in [-0.2, 0) is 6.54 Å². The Labute approximate surface area is 119 Å². The third-order valence-electron chi connectivity index (χ3n) is 3.22. The molecule has 0 atom stereocenters. The maximum absolute atomic E-state index is 14.0. The van der Waals surface area contributed by atoms with Crippen molar-refractivity contribution in [2.45, 2.75) is 19.9 Å². The predicted molar refractivity (Wildman–Crippen MR) is 80.4 cm³/mol. The van der Waals surface area contributed by atoms with Crippen molar-refractivity contribution in [2.75, 3.05) is 13.7 Å². The summed E-state index contributed by atoms with van der Waals surface area (Å²) in [6.07, 6.45) is 1.07. The Balaban J connectivity index is 2.38. The van der Waals surface area contributed by atoms with E-state index in [4.69, 9.17) is 4.74 Å². The normalized spacial score (nSPS) is 10.6. The molecule has 3 heteroatoms. The van der Waals surface area contributed by atoms with E-state index in [2.05, 4.69) is 12.2 Å². The zero-order valence-corrected chi connectivity index (χ0v) is 11.9. The van der Waals surface area contributed by atoms with Gasteiger partial charge in [0.1, 0.15) is 11.6 Å². The minimum Gasteiger partial charge on any atom is -0.497 e. The van der Waals surface area contributed by atoms with Gasteiger partial charge < -0.3 is 10.1 Å². The van der Waals surface area contributed by atoms with Gasteiger partial charge in [-0.05, 0) is 42.3 Å². The Kier molecular flexibility index (Phi) is 5.13. The molecule has 2 aromatic rings. The standard InChI is InChI=1S/C17H20FNO/c1-3-10-19-12-13-11-14(20-2)8-9-15(13)16-6-4-5-7-17(16)18/h4-9,11,19H,3,10,12H2,1-2H3. The molecule has 0 aromatic heterocycles. The number of ether oxygens (including phenoxy) is 1. The van der Waals surface area contributed by atoms with E-state index in [9.17, 15) is 4.39 Å². The lowest BCUT2D eigenvalue weighted by molar-refractivity contribution is 0.414. The maximum atomic E-state index is 14.0. The molecule has 20 heavy (non-hydrogen) atoms. The fraction of sp³-hybridized carbons (Fsp3) is 0.294. The number of hydrogen-bond donors (Lipinski definition) is 1. The molecule has 106 valence electrons. The Morgan fingerprint density at radius 2 is 1.90 bits per heavy atom. The number of hydrogen-bond acceptors (Lipinski definition) is 2. The van der Waals surface area contributed by atoms with Gasteiger partial charge in [-0.1, -0.05) is 31.2 Å². The van der Waals surface area contributed by atoms with Crippen LogP contribution >= 0.6 is 0 Å². The van der Waals surface area contributed by atoms with Crippen molar-refractivity contribution in [2.24, 2.45) is 0 Å². The third-order valence-corrected chi connectivity index (χ3v) is 3.22. The first-order valence-electron chi connectivity index (χ1n) is 6.88. The fourth-order valence-electron chi connectivity index (χ4n) is 2.19. The van der Waals surface area contributed by atoms with Crippen LogP contribution in [0.1, 0.15) is 18.9 Å². The second kappa shape index (κ2) is 7.06. The molecule has 0 spiro atoms. The molecule has 0 fully saturated rings. The third kappa shape index (κ3) is 3.36.